The van der Waals surface area contributed by atoms with Crippen LogP contribution >= 0.6 is 11.8 Å². The summed E-state index contributed by atoms with van der Waals surface area (Å²) in [6, 6.07) is 11.9. The molecule has 0 N–H and O–H groups in total. The molecule has 1 aliphatic carbocycles. The Morgan fingerprint density at radius 1 is 1.17 bits per heavy atom. The summed E-state index contributed by atoms with van der Waals surface area (Å²) in [5.74, 6) is 0.813. The number of ether oxygens (including phenoxy) is 2. The van der Waals surface area contributed by atoms with Crippen molar-refractivity contribution in [3.8, 4) is 5.75 Å². The molecule has 0 fully saturated rings. The summed E-state index contributed by atoms with van der Waals surface area (Å²) in [7, 11) is 1.64. The fraction of sp³-hybridized carbons (Fsp3) is 0.346. The molecule has 2 aromatic carbocycles. The van der Waals surface area contributed by atoms with Crippen molar-refractivity contribution in [2.45, 2.75) is 49.7 Å². The fourth-order valence-corrected chi connectivity index (χ4v) is 5.57. The van der Waals surface area contributed by atoms with Crippen LogP contribution in [0, 0.1) is 5.82 Å². The zero-order chi connectivity index (χ0) is 24.4. The van der Waals surface area contributed by atoms with E-state index in [4.69, 9.17) is 13.9 Å². The van der Waals surface area contributed by atoms with Crippen LogP contribution in [0.15, 0.2) is 56.8 Å². The molecule has 182 valence electrons. The largest absolute Gasteiger partial charge is 0.483 e. The number of benzene rings is 2. The van der Waals surface area contributed by atoms with E-state index in [0.717, 1.165) is 30.2 Å². The van der Waals surface area contributed by atoms with Crippen molar-refractivity contribution in [3.63, 3.8) is 0 Å². The van der Waals surface area contributed by atoms with E-state index in [0.29, 0.717) is 28.9 Å². The number of rotatable bonds is 9. The predicted octanol–water partition coefficient (Wildman–Crippen LogP) is 5.09. The van der Waals surface area contributed by atoms with Gasteiger partial charge in [0.1, 0.15) is 12.2 Å². The lowest BCUT2D eigenvalue weighted by Gasteiger charge is -2.17. The number of aromatic nitrogens is 3. The molecule has 9 heteroatoms. The molecule has 0 aliphatic heterocycles. The summed E-state index contributed by atoms with van der Waals surface area (Å²) in [4.78, 5) is 12.3. The minimum atomic E-state index is -0.431. The monoisotopic (exact) mass is 495 g/mol. The van der Waals surface area contributed by atoms with Crippen molar-refractivity contribution in [1.82, 2.24) is 14.8 Å². The van der Waals surface area contributed by atoms with Gasteiger partial charge in [-0.25, -0.2) is 9.18 Å². The average Bonchev–Trinajstić information content (AvgIpc) is 3.47. The fourth-order valence-electron chi connectivity index (χ4n) is 4.52. The summed E-state index contributed by atoms with van der Waals surface area (Å²) < 4.78 is 32.5. The van der Waals surface area contributed by atoms with Crippen molar-refractivity contribution in [1.29, 1.82) is 0 Å². The van der Waals surface area contributed by atoms with E-state index in [1.807, 2.05) is 17.6 Å². The molecule has 0 saturated carbocycles. The number of nitrogens with zero attached hydrogens (tertiary/aromatic N) is 3. The van der Waals surface area contributed by atoms with Gasteiger partial charge >= 0.3 is 5.63 Å². The van der Waals surface area contributed by atoms with E-state index >= 15 is 0 Å². The molecule has 7 nitrogen and oxygen atoms in total. The second kappa shape index (κ2) is 10.2. The zero-order valence-electron chi connectivity index (χ0n) is 19.6. The van der Waals surface area contributed by atoms with Crippen molar-refractivity contribution >= 4 is 22.7 Å². The molecule has 2 aromatic heterocycles. The van der Waals surface area contributed by atoms with Gasteiger partial charge in [-0.05, 0) is 67.1 Å². The quantitative estimate of drug-likeness (QED) is 0.236. The van der Waals surface area contributed by atoms with Crippen LogP contribution in [0.1, 0.15) is 41.9 Å². The van der Waals surface area contributed by atoms with E-state index in [1.54, 1.807) is 31.4 Å². The highest BCUT2D eigenvalue weighted by atomic mass is 32.2. The third-order valence-corrected chi connectivity index (χ3v) is 7.17. The molecule has 5 rings (SSSR count). The number of hydrogen-bond acceptors (Lipinski definition) is 7. The van der Waals surface area contributed by atoms with Gasteiger partial charge in [0.05, 0.1) is 12.6 Å². The predicted molar refractivity (Wildman–Crippen MR) is 131 cm³/mol. The van der Waals surface area contributed by atoms with E-state index < -0.39 is 5.82 Å². The molecule has 4 aromatic rings. The highest BCUT2D eigenvalue weighted by molar-refractivity contribution is 7.98. The van der Waals surface area contributed by atoms with Crippen LogP contribution < -0.4 is 10.4 Å². The van der Waals surface area contributed by atoms with E-state index in [2.05, 4.69) is 16.3 Å². The Morgan fingerprint density at radius 2 is 1.97 bits per heavy atom. The van der Waals surface area contributed by atoms with Crippen LogP contribution in [0.2, 0.25) is 0 Å². The molecule has 1 atom stereocenters. The standard InChI is InChI=1S/C26H26FN3O4S/c1-16(13-32-2)30-24(14-33-22-9-4-3-8-21(22)27)28-29-26(30)35-15-19-12-25(31)34-23-11-18-7-5-6-17(18)10-20(19)23/h3-4,8-12,16H,5-7,13-15H2,1-2H3/t16-/m0/s1. The first kappa shape index (κ1) is 23.6. The number of hydrogen-bond donors (Lipinski definition) is 0. The Hall–Kier alpha value is -3.17. The molecule has 0 unspecified atom stereocenters. The van der Waals surface area contributed by atoms with Gasteiger partial charge in [-0.1, -0.05) is 23.9 Å². The SMILES string of the molecule is COC[C@H](C)n1c(COc2ccccc2F)nnc1SCc1cc(=O)oc2cc3c(cc12)CCC3. The minimum absolute atomic E-state index is 0.0620. The third-order valence-electron chi connectivity index (χ3n) is 6.18. The summed E-state index contributed by atoms with van der Waals surface area (Å²) in [5.41, 5.74) is 3.75. The van der Waals surface area contributed by atoms with Crippen molar-refractivity contribution < 1.29 is 18.3 Å². The summed E-state index contributed by atoms with van der Waals surface area (Å²) in [6.07, 6.45) is 3.19. The molecule has 0 spiro atoms. The maximum Gasteiger partial charge on any atom is 0.336 e. The summed E-state index contributed by atoms with van der Waals surface area (Å²) in [6.45, 7) is 2.51. The highest BCUT2D eigenvalue weighted by Crippen LogP contribution is 2.32. The Morgan fingerprint density at radius 3 is 2.77 bits per heavy atom. The molecule has 2 heterocycles. The van der Waals surface area contributed by atoms with Gasteiger partial charge in [-0.2, -0.15) is 0 Å². The van der Waals surface area contributed by atoms with Crippen LogP contribution in [-0.2, 0) is 29.9 Å². The molecule has 0 radical (unpaired) electrons. The lowest BCUT2D eigenvalue weighted by Crippen LogP contribution is -2.17. The molecule has 0 saturated heterocycles. The van der Waals surface area contributed by atoms with Gasteiger partial charge in [0.25, 0.3) is 0 Å². The van der Waals surface area contributed by atoms with Crippen LogP contribution in [-0.4, -0.2) is 28.5 Å². The summed E-state index contributed by atoms with van der Waals surface area (Å²) >= 11 is 1.48. The van der Waals surface area contributed by atoms with E-state index in [-0.39, 0.29) is 24.0 Å². The van der Waals surface area contributed by atoms with E-state index in [9.17, 15) is 9.18 Å². The van der Waals surface area contributed by atoms with Crippen LogP contribution in [0.3, 0.4) is 0 Å². The number of halogens is 1. The first-order valence-electron chi connectivity index (χ1n) is 11.5. The maximum absolute atomic E-state index is 14.0. The normalized spacial score (nSPS) is 13.8. The van der Waals surface area contributed by atoms with Gasteiger partial charge < -0.3 is 13.9 Å². The van der Waals surface area contributed by atoms with Crippen LogP contribution in [0.4, 0.5) is 4.39 Å². The molecule has 0 bridgehead atoms. The Bertz CT molecular complexity index is 1420. The minimum Gasteiger partial charge on any atom is -0.483 e. The number of methoxy groups -OCH3 is 1. The molecular formula is C26H26FN3O4S. The lowest BCUT2D eigenvalue weighted by molar-refractivity contribution is 0.154. The molecule has 1 aliphatic rings. The molecule has 35 heavy (non-hydrogen) atoms. The van der Waals surface area contributed by atoms with Crippen molar-refractivity contribution in [3.05, 3.63) is 81.2 Å². The lowest BCUT2D eigenvalue weighted by atomic mass is 10.0. The topological polar surface area (TPSA) is 79.4 Å². The highest BCUT2D eigenvalue weighted by Gasteiger charge is 2.20. The zero-order valence-corrected chi connectivity index (χ0v) is 20.4. The smallest absolute Gasteiger partial charge is 0.336 e. The first-order valence-corrected chi connectivity index (χ1v) is 12.5. The van der Waals surface area contributed by atoms with Crippen molar-refractivity contribution in [2.24, 2.45) is 0 Å². The van der Waals surface area contributed by atoms with E-state index in [1.165, 1.54) is 29.0 Å². The number of para-hydroxylation sites is 1. The average molecular weight is 496 g/mol. The Kier molecular flexibility index (Phi) is 6.88. The maximum atomic E-state index is 14.0. The van der Waals surface area contributed by atoms with Gasteiger partial charge in [0.2, 0.25) is 0 Å². The molecular weight excluding hydrogens is 469 g/mol. The summed E-state index contributed by atoms with van der Waals surface area (Å²) in [5, 5.41) is 10.3. The number of fused-ring (bicyclic) bond motifs is 2. The first-order chi connectivity index (χ1) is 17.0. The number of aryl methyl sites for hydroxylation is 2. The second-order valence-electron chi connectivity index (χ2n) is 8.64. The second-order valence-corrected chi connectivity index (χ2v) is 9.58. The van der Waals surface area contributed by atoms with Gasteiger partial charge in [-0.3, -0.25) is 4.57 Å². The molecule has 0 amide bonds. The van der Waals surface area contributed by atoms with Crippen LogP contribution in [0.5, 0.6) is 5.75 Å². The van der Waals surface area contributed by atoms with Gasteiger partial charge in [0, 0.05) is 24.3 Å². The third kappa shape index (κ3) is 4.97. The Balaban J connectivity index is 1.42. The number of thioether (sulfide) groups is 1. The van der Waals surface area contributed by atoms with Gasteiger partial charge in [0.15, 0.2) is 22.5 Å². The Labute approximate surface area is 206 Å². The van der Waals surface area contributed by atoms with Gasteiger partial charge in [-0.15, -0.1) is 10.2 Å². The van der Waals surface area contributed by atoms with Crippen molar-refractivity contribution in [2.75, 3.05) is 13.7 Å². The van der Waals surface area contributed by atoms with Crippen LogP contribution in [0.25, 0.3) is 11.0 Å².